The summed E-state index contributed by atoms with van der Waals surface area (Å²) >= 11 is 11.6. The van der Waals surface area contributed by atoms with Gasteiger partial charge in [0.25, 0.3) is 23.6 Å². The first-order valence-corrected chi connectivity index (χ1v) is 41.2. The Bertz CT molecular complexity index is 5060. The molecule has 4 N–H and O–H groups in total. The monoisotopic (exact) mass is 1610 g/mol. The maximum Gasteiger partial charge on any atom is 0.265 e. The van der Waals surface area contributed by atoms with E-state index in [4.69, 9.17) is 18.9 Å². The summed E-state index contributed by atoms with van der Waals surface area (Å²) in [5.41, 5.74) is 9.31. The molecule has 0 saturated heterocycles. The van der Waals surface area contributed by atoms with Crippen molar-refractivity contribution in [1.82, 2.24) is 60.0 Å². The Morgan fingerprint density at radius 3 is 0.855 bits per heavy atom. The highest BCUT2D eigenvalue weighted by molar-refractivity contribution is 7.99. The predicted molar refractivity (Wildman–Crippen MR) is 434 cm³/mol. The van der Waals surface area contributed by atoms with Crippen molar-refractivity contribution in [2.45, 2.75) is 55.8 Å². The second-order valence-electron chi connectivity index (χ2n) is 23.9. The molecule has 0 aliphatic heterocycles. The van der Waals surface area contributed by atoms with Crippen LogP contribution in [-0.2, 0) is 36.2 Å². The number of benzene rings is 7. The van der Waals surface area contributed by atoms with Gasteiger partial charge >= 0.3 is 0 Å². The second kappa shape index (κ2) is 35.2. The lowest BCUT2D eigenvalue weighted by Gasteiger charge is -2.17. The van der Waals surface area contributed by atoms with Gasteiger partial charge in [-0.3, -0.25) is 19.2 Å². The topological polar surface area (TPSA) is 276 Å². The first-order chi connectivity index (χ1) is 54.0. The number of nitrogens with one attached hydrogen (secondary N) is 4. The van der Waals surface area contributed by atoms with E-state index in [2.05, 4.69) is 62.5 Å². The second-order valence-corrected chi connectivity index (χ2v) is 31.8. The summed E-state index contributed by atoms with van der Waals surface area (Å²) in [6, 6.07) is 60.1. The third-order valence-electron chi connectivity index (χ3n) is 16.5. The SMILES string of the molecule is COc1cc(COc2cc(-n3cc(CSc4ccccc4NC(=O)c4cccs4)nn3)cc(-n3cc(CSc4ccccc4NC(=O)c4cccs4)nn3)c2)c(OC)cc1COc1cc(-n2cc(CSc3ccccc3NC(=O)c3cccs3)nn2)cc(-n2cc(CSc3ccccc3NC(=O)c3cccs3)nn2)c1. The fraction of sp³-hybridized carbons (Fsp3) is 0.103. The number of anilines is 4. The van der Waals surface area contributed by atoms with E-state index in [9.17, 15) is 19.2 Å². The standard InChI is InChI=1S/C78H62N16O8S8/c1-99-65-31-50(44-102-60-37-57(93-41-53(85-89-93)47-109-69-21-9-5-17-63(69)81-77(97)73-25-13-29-105-73)34-58(38-60)94-42-54(86-90-94)48-110-70-22-10-6-18-64(70)82-78(98)74-26-14-30-106-74)66(100-2)32-49(65)43-101-59-35-55(91-39-51(83-87-91)45-107-67-19-7-3-15-61(67)79-75(95)71-23-11-27-103-71)33-56(36-59)92-40-52(84-88-92)46-108-68-20-8-4-16-62(68)80-76(96)72-24-12-28-104-72/h3-42H,43-48H2,1-2H3,(H,79,95)(H,80,96)(H,81,97)(H,82,98). The van der Waals surface area contributed by atoms with Crippen molar-refractivity contribution in [3.05, 3.63) is 294 Å². The maximum atomic E-state index is 13.1. The number of para-hydroxylation sites is 4. The van der Waals surface area contributed by atoms with Crippen LogP contribution in [0.2, 0.25) is 0 Å². The number of amides is 4. The molecule has 15 rings (SSSR count). The Balaban J connectivity index is 0.676. The molecule has 0 fully saturated rings. The highest BCUT2D eigenvalue weighted by atomic mass is 32.2. The van der Waals surface area contributed by atoms with Crippen LogP contribution in [0.15, 0.2) is 260 Å². The normalized spacial score (nSPS) is 11.1. The molecule has 15 aromatic rings. The zero-order valence-corrected chi connectivity index (χ0v) is 64.8. The van der Waals surface area contributed by atoms with E-state index in [1.54, 1.807) is 57.2 Å². The number of nitrogens with zero attached hydrogens (tertiary/aromatic N) is 12. The zero-order chi connectivity index (χ0) is 75.1. The van der Waals surface area contributed by atoms with Crippen molar-refractivity contribution in [1.29, 1.82) is 0 Å². The molecule has 0 spiro atoms. The van der Waals surface area contributed by atoms with Crippen molar-refractivity contribution in [2.24, 2.45) is 0 Å². The average molecular weight is 1610 g/mol. The molecule has 0 bridgehead atoms. The summed E-state index contributed by atoms with van der Waals surface area (Å²) in [4.78, 5) is 58.3. The van der Waals surface area contributed by atoms with Gasteiger partial charge < -0.3 is 40.2 Å². The van der Waals surface area contributed by atoms with Gasteiger partial charge in [-0.05, 0) is 119 Å². The van der Waals surface area contributed by atoms with E-state index in [0.29, 0.717) is 145 Å². The number of ether oxygens (including phenoxy) is 4. The first-order valence-electron chi connectivity index (χ1n) is 33.7. The molecule has 110 heavy (non-hydrogen) atoms. The fourth-order valence-corrected chi connectivity index (χ4v) is 17.1. The molecule has 4 amide bonds. The Morgan fingerprint density at radius 2 is 0.609 bits per heavy atom. The number of hydrogen-bond acceptors (Lipinski definition) is 24. The molecule has 550 valence electrons. The Hall–Kier alpha value is -11.6. The number of aromatic nitrogens is 12. The van der Waals surface area contributed by atoms with Crippen LogP contribution in [0, 0.1) is 0 Å². The van der Waals surface area contributed by atoms with Crippen molar-refractivity contribution < 1.29 is 38.1 Å². The van der Waals surface area contributed by atoms with Gasteiger partial charge in [-0.2, -0.15) is 0 Å². The summed E-state index contributed by atoms with van der Waals surface area (Å²) in [6.45, 7) is 0.0684. The van der Waals surface area contributed by atoms with Crippen LogP contribution in [0.4, 0.5) is 22.7 Å². The number of carbonyl (C=O) groups is 4. The molecule has 0 aliphatic carbocycles. The summed E-state index contributed by atoms with van der Waals surface area (Å²) < 4.78 is 32.3. The van der Waals surface area contributed by atoms with Crippen LogP contribution >= 0.6 is 92.4 Å². The van der Waals surface area contributed by atoms with Crippen molar-refractivity contribution in [3.63, 3.8) is 0 Å². The minimum Gasteiger partial charge on any atom is -0.496 e. The van der Waals surface area contributed by atoms with E-state index < -0.39 is 0 Å². The van der Waals surface area contributed by atoms with Gasteiger partial charge in [-0.15, -0.1) is 113 Å². The molecule has 32 heteroatoms. The Morgan fingerprint density at radius 1 is 0.345 bits per heavy atom. The number of thiophene rings is 4. The van der Waals surface area contributed by atoms with Crippen LogP contribution in [0.25, 0.3) is 22.7 Å². The van der Waals surface area contributed by atoms with Crippen molar-refractivity contribution in [3.8, 4) is 45.7 Å². The molecule has 7 aromatic carbocycles. The molecule has 0 radical (unpaired) electrons. The number of thioether (sulfide) groups is 4. The van der Waals surface area contributed by atoms with E-state index in [0.717, 1.165) is 19.6 Å². The average Bonchev–Trinajstić information content (AvgIpc) is 0.861. The van der Waals surface area contributed by atoms with E-state index >= 15 is 0 Å². The molecular weight excluding hydrogens is 1550 g/mol. The molecule has 8 aromatic heterocycles. The number of rotatable bonds is 32. The van der Waals surface area contributed by atoms with Crippen LogP contribution < -0.4 is 40.2 Å². The summed E-state index contributed by atoms with van der Waals surface area (Å²) in [7, 11) is 3.18. The summed E-state index contributed by atoms with van der Waals surface area (Å²) in [5, 5.41) is 56.3. The van der Waals surface area contributed by atoms with Gasteiger partial charge in [0.2, 0.25) is 0 Å². The maximum absolute atomic E-state index is 13.1. The molecule has 0 atom stereocenters. The smallest absolute Gasteiger partial charge is 0.265 e. The van der Waals surface area contributed by atoms with E-state index in [1.165, 1.54) is 92.4 Å². The fourth-order valence-electron chi connectivity index (χ4n) is 11.1. The number of methoxy groups -OCH3 is 2. The van der Waals surface area contributed by atoms with Gasteiger partial charge in [0.15, 0.2) is 0 Å². The van der Waals surface area contributed by atoms with Gasteiger partial charge in [0.1, 0.15) is 36.2 Å². The molecule has 0 unspecified atom stereocenters. The third-order valence-corrected chi connectivity index (χ3v) is 24.4. The van der Waals surface area contributed by atoms with Gasteiger partial charge in [0.05, 0.1) is 127 Å². The van der Waals surface area contributed by atoms with E-state index in [-0.39, 0.29) is 36.8 Å². The van der Waals surface area contributed by atoms with Crippen molar-refractivity contribution in [2.75, 3.05) is 35.5 Å². The van der Waals surface area contributed by atoms with E-state index in [1.807, 2.05) is 216 Å². The lowest BCUT2D eigenvalue weighted by Crippen LogP contribution is -2.10. The summed E-state index contributed by atoms with van der Waals surface area (Å²) in [5.74, 6) is 3.00. The Labute approximate surface area is 662 Å². The minimum atomic E-state index is -0.179. The van der Waals surface area contributed by atoms with Crippen LogP contribution in [0.3, 0.4) is 0 Å². The zero-order valence-electron chi connectivity index (χ0n) is 58.2. The quantitative estimate of drug-likeness (QED) is 0.0285. The molecule has 24 nitrogen and oxygen atoms in total. The molecule has 8 heterocycles. The van der Waals surface area contributed by atoms with Gasteiger partial charge in [0, 0.05) is 78.0 Å². The third kappa shape index (κ3) is 18.4. The van der Waals surface area contributed by atoms with Crippen LogP contribution in [0.1, 0.15) is 72.6 Å². The van der Waals surface area contributed by atoms with Gasteiger partial charge in [-0.25, -0.2) is 18.7 Å². The number of hydrogen-bond donors (Lipinski definition) is 4. The van der Waals surface area contributed by atoms with Crippen LogP contribution in [0.5, 0.6) is 23.0 Å². The predicted octanol–water partition coefficient (Wildman–Crippen LogP) is 17.6. The van der Waals surface area contributed by atoms with Crippen molar-refractivity contribution >= 4 is 139 Å². The number of carbonyl (C=O) groups excluding carboxylic acids is 4. The lowest BCUT2D eigenvalue weighted by molar-refractivity contribution is 0.102. The molecular formula is C78H62N16O8S8. The lowest BCUT2D eigenvalue weighted by atomic mass is 10.1. The highest BCUT2D eigenvalue weighted by Gasteiger charge is 2.21. The molecule has 0 saturated carbocycles. The first kappa shape index (κ1) is 73.9. The Kier molecular flexibility index (Phi) is 23.6. The van der Waals surface area contributed by atoms with Gasteiger partial charge in [-0.1, -0.05) is 93.6 Å². The largest absolute Gasteiger partial charge is 0.496 e. The highest BCUT2D eigenvalue weighted by Crippen LogP contribution is 2.38. The van der Waals surface area contributed by atoms with Crippen LogP contribution in [-0.4, -0.2) is 97.8 Å². The molecule has 0 aliphatic rings. The minimum absolute atomic E-state index is 0.0342. The summed E-state index contributed by atoms with van der Waals surface area (Å²) in [6.07, 6.45) is 7.40.